The van der Waals surface area contributed by atoms with Gasteiger partial charge in [-0.3, -0.25) is 9.88 Å². The lowest BCUT2D eigenvalue weighted by Gasteiger charge is -2.44. The number of aromatic nitrogens is 1. The zero-order chi connectivity index (χ0) is 23.9. The maximum Gasteiger partial charge on any atom is 0.496 e. The summed E-state index contributed by atoms with van der Waals surface area (Å²) in [6.45, 7) is 8.51. The monoisotopic (exact) mass is 460 g/mol. The number of benzene rings is 1. The largest absolute Gasteiger partial charge is 0.496 e. The molecule has 5 rings (SSSR count). The Bertz CT molecular complexity index is 1050. The van der Waals surface area contributed by atoms with Crippen molar-refractivity contribution in [3.05, 3.63) is 66.0 Å². The molecule has 2 saturated heterocycles. The third kappa shape index (κ3) is 4.39. The summed E-state index contributed by atoms with van der Waals surface area (Å²) in [5.41, 5.74) is 3.32. The van der Waals surface area contributed by atoms with Gasteiger partial charge in [0.05, 0.1) is 22.9 Å². The number of piperidine rings is 1. The Kier molecular flexibility index (Phi) is 6.03. The zero-order valence-electron chi connectivity index (χ0n) is 20.5. The van der Waals surface area contributed by atoms with Gasteiger partial charge in [-0.15, -0.1) is 0 Å². The molecule has 2 fully saturated rings. The third-order valence-corrected chi connectivity index (χ3v) is 7.69. The highest BCUT2D eigenvalue weighted by atomic mass is 16.7. The molecule has 2 aromatic rings. The van der Waals surface area contributed by atoms with Crippen molar-refractivity contribution in [1.82, 2.24) is 9.88 Å². The fraction of sp³-hybridized carbons (Fsp3) is 0.481. The minimum absolute atomic E-state index is 0.0512. The van der Waals surface area contributed by atoms with Gasteiger partial charge in [0.15, 0.2) is 0 Å². The highest BCUT2D eigenvalue weighted by Gasteiger charge is 2.51. The van der Waals surface area contributed by atoms with E-state index in [4.69, 9.17) is 19.0 Å². The van der Waals surface area contributed by atoms with Gasteiger partial charge in [-0.25, -0.2) is 4.79 Å². The van der Waals surface area contributed by atoms with E-state index in [1.54, 1.807) is 0 Å². The number of rotatable bonds is 4. The highest BCUT2D eigenvalue weighted by Crippen LogP contribution is 2.38. The molecule has 34 heavy (non-hydrogen) atoms. The SMILES string of the molecule is CC1(C)OB(c2ccc(C3=CC4CCCC(C3)N4C(=O)OCc3ccccc3)nc2)OC1(C)C. The second-order valence-corrected chi connectivity index (χ2v) is 10.6. The van der Waals surface area contributed by atoms with E-state index >= 15 is 0 Å². The van der Waals surface area contributed by atoms with Crippen LogP contribution in [0.25, 0.3) is 5.57 Å². The van der Waals surface area contributed by atoms with Crippen molar-refractivity contribution in [2.45, 2.75) is 83.3 Å². The first-order valence-corrected chi connectivity index (χ1v) is 12.3. The predicted molar refractivity (Wildman–Crippen MR) is 132 cm³/mol. The molecule has 0 N–H and O–H groups in total. The summed E-state index contributed by atoms with van der Waals surface area (Å²) in [4.78, 5) is 19.6. The molecule has 178 valence electrons. The summed E-state index contributed by atoms with van der Waals surface area (Å²) in [7, 11) is -0.416. The van der Waals surface area contributed by atoms with Crippen molar-refractivity contribution in [2.75, 3.05) is 0 Å². The number of carbonyl (C=O) groups is 1. The number of fused-ring (bicyclic) bond motifs is 2. The molecule has 4 heterocycles. The van der Waals surface area contributed by atoms with Gasteiger partial charge in [0.25, 0.3) is 0 Å². The Morgan fingerprint density at radius 3 is 2.47 bits per heavy atom. The predicted octanol–water partition coefficient (Wildman–Crippen LogP) is 4.73. The summed E-state index contributed by atoms with van der Waals surface area (Å²) in [6, 6.07) is 14.1. The van der Waals surface area contributed by atoms with Crippen LogP contribution in [0.5, 0.6) is 0 Å². The van der Waals surface area contributed by atoms with Gasteiger partial charge in [0.1, 0.15) is 6.61 Å². The number of hydrogen-bond donors (Lipinski definition) is 0. The third-order valence-electron chi connectivity index (χ3n) is 7.69. The van der Waals surface area contributed by atoms with Gasteiger partial charge in [0, 0.05) is 17.7 Å². The zero-order valence-corrected chi connectivity index (χ0v) is 20.5. The number of hydrogen-bond acceptors (Lipinski definition) is 5. The maximum absolute atomic E-state index is 13.0. The first kappa shape index (κ1) is 23.1. The van der Waals surface area contributed by atoms with E-state index in [0.29, 0.717) is 6.61 Å². The molecule has 0 spiro atoms. The minimum atomic E-state index is -0.416. The Hall–Kier alpha value is -2.64. The van der Waals surface area contributed by atoms with E-state index in [1.165, 1.54) is 5.57 Å². The van der Waals surface area contributed by atoms with E-state index in [0.717, 1.165) is 42.4 Å². The van der Waals surface area contributed by atoms with Crippen LogP contribution in [-0.4, -0.2) is 46.4 Å². The lowest BCUT2D eigenvalue weighted by molar-refractivity contribution is 0.00578. The normalized spacial score (nSPS) is 25.1. The summed E-state index contributed by atoms with van der Waals surface area (Å²) in [6.07, 6.45) is 7.69. The van der Waals surface area contributed by atoms with Crippen LogP contribution in [-0.2, 0) is 20.7 Å². The molecule has 1 aromatic heterocycles. The van der Waals surface area contributed by atoms with Crippen LogP contribution >= 0.6 is 0 Å². The number of nitrogens with zero attached hydrogens (tertiary/aromatic N) is 2. The van der Waals surface area contributed by atoms with Crippen LogP contribution in [0.2, 0.25) is 0 Å². The summed E-state index contributed by atoms with van der Waals surface area (Å²) in [5, 5.41) is 0. The highest BCUT2D eigenvalue weighted by molar-refractivity contribution is 6.62. The molecule has 1 aromatic carbocycles. The number of pyridine rings is 1. The van der Waals surface area contributed by atoms with Crippen LogP contribution in [0.3, 0.4) is 0 Å². The van der Waals surface area contributed by atoms with E-state index < -0.39 is 7.12 Å². The van der Waals surface area contributed by atoms with Crippen molar-refractivity contribution < 1.29 is 18.8 Å². The Balaban J connectivity index is 1.28. The lowest BCUT2D eigenvalue weighted by atomic mass is 9.79. The van der Waals surface area contributed by atoms with E-state index in [1.807, 2.05) is 53.6 Å². The van der Waals surface area contributed by atoms with Gasteiger partial charge < -0.3 is 14.0 Å². The van der Waals surface area contributed by atoms with Crippen LogP contribution in [0.1, 0.15) is 64.6 Å². The van der Waals surface area contributed by atoms with Crippen LogP contribution < -0.4 is 5.46 Å². The van der Waals surface area contributed by atoms with E-state index in [-0.39, 0.29) is 29.4 Å². The fourth-order valence-electron chi connectivity index (χ4n) is 5.01. The van der Waals surface area contributed by atoms with Crippen LogP contribution in [0.4, 0.5) is 4.79 Å². The maximum atomic E-state index is 13.0. The second kappa shape index (κ2) is 8.86. The molecule has 3 aliphatic rings. The van der Waals surface area contributed by atoms with Crippen LogP contribution in [0, 0.1) is 0 Å². The molecular weight excluding hydrogens is 427 g/mol. The van der Waals surface area contributed by atoms with E-state index in [9.17, 15) is 4.79 Å². The molecule has 3 aliphatic heterocycles. The van der Waals surface area contributed by atoms with Crippen molar-refractivity contribution in [2.24, 2.45) is 0 Å². The van der Waals surface area contributed by atoms with Crippen molar-refractivity contribution in [3.8, 4) is 0 Å². The molecule has 7 heteroatoms. The molecule has 0 aliphatic carbocycles. The van der Waals surface area contributed by atoms with Gasteiger partial charge in [0.2, 0.25) is 0 Å². The Morgan fingerprint density at radius 2 is 1.82 bits per heavy atom. The standard InChI is InChI=1S/C27H33BN2O4/c1-26(2)27(3,4)34-28(33-26)21-13-14-24(29-17-21)20-15-22-11-8-12-23(16-20)30(22)25(31)32-18-19-9-6-5-7-10-19/h5-7,9-10,13-15,17,22-23H,8,11-12,16,18H2,1-4H3. The summed E-state index contributed by atoms with van der Waals surface area (Å²) in [5.74, 6) is 0. The average molecular weight is 460 g/mol. The smallest absolute Gasteiger partial charge is 0.445 e. The second-order valence-electron chi connectivity index (χ2n) is 10.6. The lowest BCUT2D eigenvalue weighted by Crippen LogP contribution is -2.51. The quantitative estimate of drug-likeness (QED) is 0.618. The van der Waals surface area contributed by atoms with Crippen molar-refractivity contribution in [1.29, 1.82) is 0 Å². The number of amides is 1. The first-order valence-electron chi connectivity index (χ1n) is 12.3. The molecular formula is C27H33BN2O4. The molecule has 2 atom stereocenters. The average Bonchev–Trinajstić information content (AvgIpc) is 3.04. The van der Waals surface area contributed by atoms with E-state index in [2.05, 4.69) is 33.8 Å². The molecule has 2 bridgehead atoms. The molecule has 6 nitrogen and oxygen atoms in total. The van der Waals surface area contributed by atoms with Gasteiger partial charge >= 0.3 is 13.2 Å². The van der Waals surface area contributed by atoms with Crippen molar-refractivity contribution in [3.63, 3.8) is 0 Å². The van der Waals surface area contributed by atoms with Crippen LogP contribution in [0.15, 0.2) is 54.7 Å². The van der Waals surface area contributed by atoms with Gasteiger partial charge in [-0.1, -0.05) is 42.5 Å². The summed E-state index contributed by atoms with van der Waals surface area (Å²) >= 11 is 0. The molecule has 2 unspecified atom stereocenters. The Morgan fingerprint density at radius 1 is 1.09 bits per heavy atom. The number of carbonyl (C=O) groups excluding carboxylic acids is 1. The van der Waals surface area contributed by atoms with Gasteiger partial charge in [-0.05, 0) is 70.6 Å². The minimum Gasteiger partial charge on any atom is -0.445 e. The number of ether oxygens (including phenoxy) is 1. The topological polar surface area (TPSA) is 60.9 Å². The Labute approximate surface area is 202 Å². The fourth-order valence-corrected chi connectivity index (χ4v) is 5.01. The van der Waals surface area contributed by atoms with Crippen molar-refractivity contribution >= 4 is 24.2 Å². The summed E-state index contributed by atoms with van der Waals surface area (Å²) < 4.78 is 18.0. The first-order chi connectivity index (χ1) is 16.2. The molecule has 1 amide bonds. The van der Waals surface area contributed by atoms with Gasteiger partial charge in [-0.2, -0.15) is 0 Å². The molecule has 0 saturated carbocycles. The molecule has 0 radical (unpaired) electrons.